The SMILES string of the molecule is COc1ccc2nccc(C(O)CC[C@@H]3CCN(C4CC(c5ccccc5)C4)CC3(C)C(=O)O)c2c1. The lowest BCUT2D eigenvalue weighted by Gasteiger charge is -2.51. The number of hydrogen-bond acceptors (Lipinski definition) is 5. The molecule has 1 aromatic heterocycles. The van der Waals surface area contributed by atoms with Crippen molar-refractivity contribution in [1.82, 2.24) is 9.88 Å². The molecule has 5 rings (SSSR count). The van der Waals surface area contributed by atoms with Crippen LogP contribution in [0.5, 0.6) is 5.75 Å². The highest BCUT2D eigenvalue weighted by Gasteiger charge is 2.48. The summed E-state index contributed by atoms with van der Waals surface area (Å²) in [6.45, 7) is 3.40. The van der Waals surface area contributed by atoms with Gasteiger partial charge in [-0.3, -0.25) is 14.7 Å². The molecule has 3 aromatic rings. The highest BCUT2D eigenvalue weighted by molar-refractivity contribution is 5.83. The first-order valence-electron chi connectivity index (χ1n) is 13.0. The minimum absolute atomic E-state index is 0.0218. The van der Waals surface area contributed by atoms with E-state index in [1.165, 1.54) is 5.56 Å². The first kappa shape index (κ1) is 24.7. The van der Waals surface area contributed by atoms with Crippen LogP contribution in [0.25, 0.3) is 10.9 Å². The Hall–Kier alpha value is -2.96. The van der Waals surface area contributed by atoms with E-state index >= 15 is 0 Å². The first-order valence-corrected chi connectivity index (χ1v) is 13.0. The highest BCUT2D eigenvalue weighted by atomic mass is 16.5. The average Bonchev–Trinajstić information content (AvgIpc) is 2.87. The fraction of sp³-hybridized carbons (Fsp3) is 0.467. The molecule has 2 unspecified atom stereocenters. The first-order chi connectivity index (χ1) is 17.4. The van der Waals surface area contributed by atoms with Crippen LogP contribution >= 0.6 is 0 Å². The maximum Gasteiger partial charge on any atom is 0.310 e. The summed E-state index contributed by atoms with van der Waals surface area (Å²) in [4.78, 5) is 19.3. The number of piperidine rings is 1. The molecule has 3 atom stereocenters. The van der Waals surface area contributed by atoms with E-state index in [0.717, 1.165) is 48.0 Å². The molecule has 6 nitrogen and oxygen atoms in total. The van der Waals surface area contributed by atoms with Gasteiger partial charge >= 0.3 is 5.97 Å². The Morgan fingerprint density at radius 3 is 2.69 bits per heavy atom. The Balaban J connectivity index is 1.24. The van der Waals surface area contributed by atoms with Crippen molar-refractivity contribution < 1.29 is 19.7 Å². The molecule has 2 fully saturated rings. The van der Waals surface area contributed by atoms with Crippen LogP contribution in [0.15, 0.2) is 60.8 Å². The van der Waals surface area contributed by atoms with Crippen LogP contribution in [0.2, 0.25) is 0 Å². The van der Waals surface area contributed by atoms with E-state index in [9.17, 15) is 15.0 Å². The maximum absolute atomic E-state index is 12.5. The number of aliphatic hydroxyl groups is 1. The minimum Gasteiger partial charge on any atom is -0.497 e. The fourth-order valence-electron chi connectivity index (χ4n) is 6.25. The number of aromatic nitrogens is 1. The van der Waals surface area contributed by atoms with Crippen molar-refractivity contribution in [2.24, 2.45) is 11.3 Å². The fourth-order valence-corrected chi connectivity index (χ4v) is 6.25. The van der Waals surface area contributed by atoms with Crippen LogP contribution in [-0.2, 0) is 4.79 Å². The van der Waals surface area contributed by atoms with Gasteiger partial charge in [0.25, 0.3) is 0 Å². The van der Waals surface area contributed by atoms with Crippen LogP contribution in [0.4, 0.5) is 0 Å². The Labute approximate surface area is 212 Å². The average molecular weight is 489 g/mol. The summed E-state index contributed by atoms with van der Waals surface area (Å²) in [6.07, 6.45) is 5.26. The summed E-state index contributed by atoms with van der Waals surface area (Å²) >= 11 is 0. The molecule has 2 aromatic carbocycles. The quantitative estimate of drug-likeness (QED) is 0.441. The molecule has 1 saturated carbocycles. The van der Waals surface area contributed by atoms with E-state index in [4.69, 9.17) is 4.74 Å². The number of ether oxygens (including phenoxy) is 1. The lowest BCUT2D eigenvalue weighted by Crippen LogP contribution is -2.56. The van der Waals surface area contributed by atoms with Crippen LogP contribution < -0.4 is 4.74 Å². The number of aliphatic hydroxyl groups excluding tert-OH is 1. The highest BCUT2D eigenvalue weighted by Crippen LogP contribution is 2.46. The molecule has 1 aliphatic heterocycles. The largest absolute Gasteiger partial charge is 0.497 e. The molecule has 1 saturated heterocycles. The molecule has 36 heavy (non-hydrogen) atoms. The zero-order valence-electron chi connectivity index (χ0n) is 21.1. The second kappa shape index (κ2) is 10.2. The van der Waals surface area contributed by atoms with E-state index in [0.29, 0.717) is 31.3 Å². The molecule has 2 N–H and O–H groups in total. The summed E-state index contributed by atoms with van der Waals surface area (Å²) in [5.74, 6) is 0.590. The van der Waals surface area contributed by atoms with Crippen LogP contribution in [-0.4, -0.2) is 52.3 Å². The number of rotatable bonds is 8. The second-order valence-electron chi connectivity index (χ2n) is 10.8. The van der Waals surface area contributed by atoms with Gasteiger partial charge in [0.2, 0.25) is 0 Å². The number of nitrogens with zero attached hydrogens (tertiary/aromatic N) is 2. The Morgan fingerprint density at radius 2 is 1.97 bits per heavy atom. The number of pyridine rings is 1. The van der Waals surface area contributed by atoms with Gasteiger partial charge < -0.3 is 14.9 Å². The normalized spacial score (nSPS) is 27.4. The van der Waals surface area contributed by atoms with Crippen molar-refractivity contribution in [3.63, 3.8) is 0 Å². The van der Waals surface area contributed by atoms with Gasteiger partial charge in [-0.1, -0.05) is 30.3 Å². The minimum atomic E-state index is -0.820. The van der Waals surface area contributed by atoms with Gasteiger partial charge in [-0.05, 0) is 92.8 Å². The predicted molar refractivity (Wildman–Crippen MR) is 140 cm³/mol. The van der Waals surface area contributed by atoms with Gasteiger partial charge in [0.05, 0.1) is 24.1 Å². The summed E-state index contributed by atoms with van der Waals surface area (Å²) < 4.78 is 5.36. The van der Waals surface area contributed by atoms with Crippen molar-refractivity contribution in [2.45, 2.75) is 57.1 Å². The summed E-state index contributed by atoms with van der Waals surface area (Å²) in [5.41, 5.74) is 2.19. The molecule has 2 heterocycles. The summed E-state index contributed by atoms with van der Waals surface area (Å²) in [6, 6.07) is 18.6. The molecule has 0 radical (unpaired) electrons. The third-order valence-corrected chi connectivity index (χ3v) is 8.72. The van der Waals surface area contributed by atoms with Gasteiger partial charge in [-0.15, -0.1) is 0 Å². The number of hydrogen-bond donors (Lipinski definition) is 2. The van der Waals surface area contributed by atoms with Crippen molar-refractivity contribution in [1.29, 1.82) is 0 Å². The molecule has 0 amide bonds. The monoisotopic (exact) mass is 488 g/mol. The number of aliphatic carboxylic acids is 1. The van der Waals surface area contributed by atoms with Crippen LogP contribution in [0.1, 0.15) is 62.2 Å². The maximum atomic E-state index is 12.5. The number of fused-ring (bicyclic) bond motifs is 1. The molecule has 0 bridgehead atoms. The van der Waals surface area contributed by atoms with Gasteiger partial charge in [0.1, 0.15) is 5.75 Å². The Morgan fingerprint density at radius 1 is 1.19 bits per heavy atom. The van der Waals surface area contributed by atoms with Gasteiger partial charge in [0, 0.05) is 24.2 Å². The van der Waals surface area contributed by atoms with E-state index in [2.05, 4.69) is 34.1 Å². The molecule has 6 heteroatoms. The van der Waals surface area contributed by atoms with E-state index in [-0.39, 0.29) is 5.92 Å². The van der Waals surface area contributed by atoms with E-state index < -0.39 is 17.5 Å². The number of carboxylic acid groups (broad SMARTS) is 1. The van der Waals surface area contributed by atoms with Crippen molar-refractivity contribution >= 4 is 16.9 Å². The summed E-state index contributed by atoms with van der Waals surface area (Å²) in [5, 5.41) is 22.3. The smallest absolute Gasteiger partial charge is 0.310 e. The molecule has 1 aliphatic carbocycles. The number of benzene rings is 2. The second-order valence-corrected chi connectivity index (χ2v) is 10.8. The third kappa shape index (κ3) is 4.72. The van der Waals surface area contributed by atoms with Crippen molar-refractivity contribution in [3.8, 4) is 5.75 Å². The number of methoxy groups -OCH3 is 1. The molecule has 190 valence electrons. The number of carbonyl (C=O) groups is 1. The topological polar surface area (TPSA) is 82.9 Å². The van der Waals surface area contributed by atoms with Crippen LogP contribution in [0, 0.1) is 11.3 Å². The zero-order chi connectivity index (χ0) is 25.3. The van der Waals surface area contributed by atoms with E-state index in [1.54, 1.807) is 13.3 Å². The molecule has 2 aliphatic rings. The number of likely N-dealkylation sites (tertiary alicyclic amines) is 1. The van der Waals surface area contributed by atoms with Gasteiger partial charge in [-0.25, -0.2) is 0 Å². The van der Waals surface area contributed by atoms with Crippen molar-refractivity contribution in [2.75, 3.05) is 20.2 Å². The zero-order valence-corrected chi connectivity index (χ0v) is 21.1. The summed E-state index contributed by atoms with van der Waals surface area (Å²) in [7, 11) is 1.62. The van der Waals surface area contributed by atoms with Crippen LogP contribution in [0.3, 0.4) is 0 Å². The molecular weight excluding hydrogens is 452 g/mol. The molecular formula is C30H36N2O4. The third-order valence-electron chi connectivity index (χ3n) is 8.72. The number of carboxylic acids is 1. The lowest BCUT2D eigenvalue weighted by atomic mass is 9.67. The van der Waals surface area contributed by atoms with E-state index in [1.807, 2.05) is 37.3 Å². The Kier molecular flexibility index (Phi) is 7.00. The lowest BCUT2D eigenvalue weighted by molar-refractivity contribution is -0.158. The Bertz CT molecular complexity index is 1210. The van der Waals surface area contributed by atoms with Gasteiger partial charge in [0.15, 0.2) is 0 Å². The predicted octanol–water partition coefficient (Wildman–Crippen LogP) is 5.42. The van der Waals surface area contributed by atoms with Gasteiger partial charge in [-0.2, -0.15) is 0 Å². The standard InChI is InChI=1S/C30H36N2O4/c1-30(29(34)35)19-32(23-16-21(17-23)20-6-4-3-5-7-20)15-13-22(30)8-11-28(33)25-12-14-31-27-10-9-24(36-2)18-26(25)27/h3-7,9-10,12,14,18,21-23,28,33H,8,11,13,15-17,19H2,1-2H3,(H,34,35)/t21?,22-,23?,28?,30?/m1/s1. The molecule has 0 spiro atoms. The van der Waals surface area contributed by atoms with Crippen molar-refractivity contribution in [3.05, 3.63) is 71.9 Å².